The van der Waals surface area contributed by atoms with Gasteiger partial charge in [0.25, 0.3) is 5.91 Å². The molecule has 1 N–H and O–H groups in total. The van der Waals surface area contributed by atoms with E-state index in [2.05, 4.69) is 20.3 Å². The highest BCUT2D eigenvalue weighted by molar-refractivity contribution is 6.06. The third-order valence-corrected chi connectivity index (χ3v) is 5.83. The van der Waals surface area contributed by atoms with Crippen molar-refractivity contribution in [3.63, 3.8) is 0 Å². The van der Waals surface area contributed by atoms with E-state index in [-0.39, 0.29) is 23.6 Å². The SMILES string of the molecule is CC(C)c1ncc(C(=O)Nc2c(-c3ccccc3F)ccnc2C2CCCCC2)cn1. The largest absolute Gasteiger partial charge is 0.320 e. The maximum absolute atomic E-state index is 14.7. The molecule has 1 aromatic carbocycles. The lowest BCUT2D eigenvalue weighted by Gasteiger charge is -2.25. The van der Waals surface area contributed by atoms with E-state index >= 15 is 0 Å². The summed E-state index contributed by atoms with van der Waals surface area (Å²) in [6.45, 7) is 4.00. The van der Waals surface area contributed by atoms with Crippen LogP contribution in [0, 0.1) is 5.82 Å². The molecule has 0 atom stereocenters. The van der Waals surface area contributed by atoms with Crippen LogP contribution in [0.2, 0.25) is 0 Å². The first-order chi connectivity index (χ1) is 15.0. The molecule has 1 aliphatic carbocycles. The number of nitrogens with zero attached hydrogens (tertiary/aromatic N) is 3. The molecular weight excluding hydrogens is 391 g/mol. The Bertz CT molecular complexity index is 1060. The monoisotopic (exact) mass is 418 g/mol. The number of anilines is 1. The molecule has 1 aliphatic rings. The van der Waals surface area contributed by atoms with Gasteiger partial charge in [0.2, 0.25) is 0 Å². The summed E-state index contributed by atoms with van der Waals surface area (Å²) in [5.74, 6) is 0.463. The summed E-state index contributed by atoms with van der Waals surface area (Å²) < 4.78 is 14.7. The Hall–Kier alpha value is -3.15. The minimum absolute atomic E-state index is 0.181. The first-order valence-electron chi connectivity index (χ1n) is 10.9. The first-order valence-corrected chi connectivity index (χ1v) is 10.9. The van der Waals surface area contributed by atoms with Gasteiger partial charge in [-0.3, -0.25) is 9.78 Å². The predicted molar refractivity (Wildman–Crippen MR) is 120 cm³/mol. The number of pyridine rings is 1. The molecule has 31 heavy (non-hydrogen) atoms. The van der Waals surface area contributed by atoms with Gasteiger partial charge in [-0.1, -0.05) is 51.3 Å². The van der Waals surface area contributed by atoms with Gasteiger partial charge >= 0.3 is 0 Å². The molecule has 1 fully saturated rings. The Morgan fingerprint density at radius 3 is 2.39 bits per heavy atom. The van der Waals surface area contributed by atoms with Crippen LogP contribution in [0.5, 0.6) is 0 Å². The number of benzene rings is 1. The highest BCUT2D eigenvalue weighted by Crippen LogP contribution is 2.40. The Morgan fingerprint density at radius 2 is 1.71 bits per heavy atom. The molecule has 4 rings (SSSR count). The van der Waals surface area contributed by atoms with Gasteiger partial charge in [-0.25, -0.2) is 14.4 Å². The molecular formula is C25H27FN4O. The third-order valence-electron chi connectivity index (χ3n) is 5.83. The minimum Gasteiger partial charge on any atom is -0.320 e. The van der Waals surface area contributed by atoms with E-state index in [1.54, 1.807) is 30.5 Å². The predicted octanol–water partition coefficient (Wildman–Crippen LogP) is 6.10. The van der Waals surface area contributed by atoms with Gasteiger partial charge in [-0.05, 0) is 25.0 Å². The van der Waals surface area contributed by atoms with Crippen LogP contribution >= 0.6 is 0 Å². The van der Waals surface area contributed by atoms with Gasteiger partial charge in [-0.2, -0.15) is 0 Å². The molecule has 160 valence electrons. The van der Waals surface area contributed by atoms with Crippen LogP contribution in [0.3, 0.4) is 0 Å². The number of nitrogens with one attached hydrogen (secondary N) is 1. The Balaban J connectivity index is 1.74. The zero-order valence-corrected chi connectivity index (χ0v) is 17.9. The standard InChI is InChI=1S/C25H27FN4O/c1-16(2)24-28-14-18(15-29-24)25(31)30-23-20(19-10-6-7-11-21(19)26)12-13-27-22(23)17-8-4-3-5-9-17/h6-7,10-17H,3-5,8-9H2,1-2H3,(H,30,31). The van der Waals surface area contributed by atoms with E-state index in [9.17, 15) is 9.18 Å². The van der Waals surface area contributed by atoms with Crippen molar-refractivity contribution in [2.45, 2.75) is 57.8 Å². The van der Waals surface area contributed by atoms with E-state index in [4.69, 9.17) is 0 Å². The molecule has 3 aromatic rings. The molecule has 0 radical (unpaired) electrons. The molecule has 0 unspecified atom stereocenters. The quantitative estimate of drug-likeness (QED) is 0.543. The fourth-order valence-corrected chi connectivity index (χ4v) is 4.14. The summed E-state index contributed by atoms with van der Waals surface area (Å²) in [5, 5.41) is 3.02. The van der Waals surface area contributed by atoms with Crippen LogP contribution in [0.1, 0.15) is 79.7 Å². The lowest BCUT2D eigenvalue weighted by Crippen LogP contribution is -2.18. The molecule has 1 saturated carbocycles. The fourth-order valence-electron chi connectivity index (χ4n) is 4.14. The number of hydrogen-bond donors (Lipinski definition) is 1. The molecule has 2 heterocycles. The fraction of sp³-hybridized carbons (Fsp3) is 0.360. The molecule has 0 aliphatic heterocycles. The maximum atomic E-state index is 14.7. The van der Waals surface area contributed by atoms with Crippen LogP contribution in [0.15, 0.2) is 48.9 Å². The minimum atomic E-state index is -0.330. The molecule has 0 spiro atoms. The van der Waals surface area contributed by atoms with Crippen LogP contribution in [0.25, 0.3) is 11.1 Å². The molecule has 6 heteroatoms. The summed E-state index contributed by atoms with van der Waals surface area (Å²) >= 11 is 0. The van der Waals surface area contributed by atoms with Gasteiger partial charge in [-0.15, -0.1) is 0 Å². The summed E-state index contributed by atoms with van der Waals surface area (Å²) in [5.41, 5.74) is 2.86. The Kier molecular flexibility index (Phi) is 6.35. The van der Waals surface area contributed by atoms with Crippen molar-refractivity contribution in [3.05, 3.63) is 71.8 Å². The summed E-state index contributed by atoms with van der Waals surface area (Å²) in [4.78, 5) is 26.3. The van der Waals surface area contributed by atoms with Crippen molar-refractivity contribution in [3.8, 4) is 11.1 Å². The number of carbonyl (C=O) groups is 1. The molecule has 5 nitrogen and oxygen atoms in total. The smallest absolute Gasteiger partial charge is 0.258 e. The van der Waals surface area contributed by atoms with Gasteiger partial charge in [0, 0.05) is 41.6 Å². The molecule has 1 amide bonds. The second kappa shape index (κ2) is 9.33. The van der Waals surface area contributed by atoms with E-state index in [1.165, 1.54) is 24.9 Å². The van der Waals surface area contributed by atoms with Crippen LogP contribution < -0.4 is 5.32 Å². The van der Waals surface area contributed by atoms with Crippen LogP contribution in [-0.4, -0.2) is 20.9 Å². The lowest BCUT2D eigenvalue weighted by molar-refractivity contribution is 0.102. The topological polar surface area (TPSA) is 67.8 Å². The van der Waals surface area contributed by atoms with Crippen LogP contribution in [-0.2, 0) is 0 Å². The van der Waals surface area contributed by atoms with Crippen molar-refractivity contribution in [1.82, 2.24) is 15.0 Å². The normalized spacial score (nSPS) is 14.6. The molecule has 2 aromatic heterocycles. The van der Waals surface area contributed by atoms with E-state index in [0.717, 1.165) is 31.4 Å². The zero-order valence-electron chi connectivity index (χ0n) is 17.9. The van der Waals surface area contributed by atoms with Crippen molar-refractivity contribution >= 4 is 11.6 Å². The summed E-state index contributed by atoms with van der Waals surface area (Å²) in [6.07, 6.45) is 10.3. The van der Waals surface area contributed by atoms with Crippen molar-refractivity contribution < 1.29 is 9.18 Å². The van der Waals surface area contributed by atoms with E-state index in [1.807, 2.05) is 13.8 Å². The van der Waals surface area contributed by atoms with Gasteiger partial charge in [0.05, 0.1) is 16.9 Å². The summed E-state index contributed by atoms with van der Waals surface area (Å²) in [6, 6.07) is 8.38. The third kappa shape index (κ3) is 4.63. The van der Waals surface area contributed by atoms with E-state index in [0.29, 0.717) is 28.2 Å². The highest BCUT2D eigenvalue weighted by atomic mass is 19.1. The maximum Gasteiger partial charge on any atom is 0.258 e. The highest BCUT2D eigenvalue weighted by Gasteiger charge is 2.24. The second-order valence-corrected chi connectivity index (χ2v) is 8.37. The van der Waals surface area contributed by atoms with E-state index < -0.39 is 0 Å². The number of halogens is 1. The van der Waals surface area contributed by atoms with Crippen molar-refractivity contribution in [2.24, 2.45) is 0 Å². The Morgan fingerprint density at radius 1 is 1.00 bits per heavy atom. The van der Waals surface area contributed by atoms with Crippen molar-refractivity contribution in [1.29, 1.82) is 0 Å². The summed E-state index contributed by atoms with van der Waals surface area (Å²) in [7, 11) is 0. The zero-order chi connectivity index (χ0) is 21.8. The number of hydrogen-bond acceptors (Lipinski definition) is 4. The number of aromatic nitrogens is 3. The average Bonchev–Trinajstić information content (AvgIpc) is 2.80. The van der Waals surface area contributed by atoms with Gasteiger partial charge in [0.1, 0.15) is 11.6 Å². The Labute approximate surface area is 182 Å². The van der Waals surface area contributed by atoms with Crippen LogP contribution in [0.4, 0.5) is 10.1 Å². The van der Waals surface area contributed by atoms with Gasteiger partial charge < -0.3 is 5.32 Å². The van der Waals surface area contributed by atoms with Crippen molar-refractivity contribution in [2.75, 3.05) is 5.32 Å². The van der Waals surface area contributed by atoms with Gasteiger partial charge in [0.15, 0.2) is 0 Å². The second-order valence-electron chi connectivity index (χ2n) is 8.37. The lowest BCUT2D eigenvalue weighted by atomic mass is 9.85. The number of amides is 1. The number of carbonyl (C=O) groups excluding carboxylic acids is 1. The molecule has 0 bridgehead atoms. The first kappa shape index (κ1) is 21.1. The molecule has 0 saturated heterocycles. The number of rotatable bonds is 5. The average molecular weight is 419 g/mol.